The van der Waals surface area contributed by atoms with E-state index in [1.807, 2.05) is 11.4 Å². The molecule has 0 radical (unpaired) electrons. The molecular formula is C8H7ClN2OS2. The predicted octanol–water partition coefficient (Wildman–Crippen LogP) is 2.53. The number of nitrogens with zero attached hydrogens (tertiary/aromatic N) is 2. The van der Waals surface area contributed by atoms with E-state index in [-0.39, 0.29) is 0 Å². The number of hydrogen-bond donors (Lipinski definition) is 1. The quantitative estimate of drug-likeness (QED) is 0.905. The first-order chi connectivity index (χ1) is 6.75. The molecule has 2 aromatic rings. The molecular weight excluding hydrogens is 240 g/mol. The van der Waals surface area contributed by atoms with Crippen LogP contribution in [0.4, 0.5) is 0 Å². The molecule has 1 N–H and O–H groups in total. The molecule has 14 heavy (non-hydrogen) atoms. The fourth-order valence-corrected chi connectivity index (χ4v) is 2.49. The largest absolute Gasteiger partial charge is 0.386 e. The fourth-order valence-electron chi connectivity index (χ4n) is 1.10. The summed E-state index contributed by atoms with van der Waals surface area (Å²) in [4.78, 5) is 0. The van der Waals surface area contributed by atoms with Gasteiger partial charge in [-0.05, 0) is 17.0 Å². The predicted molar refractivity (Wildman–Crippen MR) is 57.9 cm³/mol. The average Bonchev–Trinajstić information content (AvgIpc) is 2.75. The maximum atomic E-state index is 9.74. The molecule has 2 rings (SSSR count). The second-order valence-electron chi connectivity index (χ2n) is 2.81. The standard InChI is InChI=1S/C8H7ClN2OS2/c9-8-2-5(4-13-8)1-7(12)6-3-10-14-11-6/h2-4,7,12H,1H2. The minimum atomic E-state index is -0.584. The molecule has 0 bridgehead atoms. The van der Waals surface area contributed by atoms with E-state index in [1.165, 1.54) is 11.3 Å². The van der Waals surface area contributed by atoms with Crippen LogP contribution in [0, 0.1) is 0 Å². The van der Waals surface area contributed by atoms with Crippen molar-refractivity contribution in [2.75, 3.05) is 0 Å². The molecule has 1 unspecified atom stereocenters. The Bertz CT molecular complexity index is 401. The number of thiophene rings is 1. The number of halogens is 1. The summed E-state index contributed by atoms with van der Waals surface area (Å²) in [6, 6.07) is 1.86. The van der Waals surface area contributed by atoms with Crippen LogP contribution in [0.5, 0.6) is 0 Å². The third-order valence-corrected chi connectivity index (χ3v) is 3.40. The molecule has 3 nitrogen and oxygen atoms in total. The van der Waals surface area contributed by atoms with Crippen LogP contribution in [0.25, 0.3) is 0 Å². The third kappa shape index (κ3) is 2.30. The van der Waals surface area contributed by atoms with Crippen LogP contribution < -0.4 is 0 Å². The van der Waals surface area contributed by atoms with Crippen molar-refractivity contribution in [3.05, 3.63) is 33.2 Å². The molecule has 0 fully saturated rings. The Balaban J connectivity index is 2.05. The van der Waals surface area contributed by atoms with Gasteiger partial charge in [0.25, 0.3) is 0 Å². The maximum absolute atomic E-state index is 9.74. The molecule has 0 aliphatic carbocycles. The number of aromatic nitrogens is 2. The number of aliphatic hydroxyl groups excluding tert-OH is 1. The minimum absolute atomic E-state index is 0.536. The van der Waals surface area contributed by atoms with Crippen LogP contribution >= 0.6 is 34.7 Å². The summed E-state index contributed by atoms with van der Waals surface area (Å²) in [6.45, 7) is 0. The van der Waals surface area contributed by atoms with E-state index in [1.54, 1.807) is 6.20 Å². The van der Waals surface area contributed by atoms with Gasteiger partial charge in [-0.25, -0.2) is 0 Å². The molecule has 0 aromatic carbocycles. The van der Waals surface area contributed by atoms with Gasteiger partial charge in [-0.1, -0.05) is 11.6 Å². The molecule has 0 saturated carbocycles. The van der Waals surface area contributed by atoms with E-state index < -0.39 is 6.10 Å². The molecule has 74 valence electrons. The molecule has 0 amide bonds. The van der Waals surface area contributed by atoms with E-state index in [0.29, 0.717) is 12.1 Å². The van der Waals surface area contributed by atoms with Crippen LogP contribution in [0.15, 0.2) is 17.6 Å². The molecule has 2 aromatic heterocycles. The molecule has 0 aliphatic heterocycles. The Kier molecular flexibility index (Phi) is 3.12. The molecule has 2 heterocycles. The first-order valence-corrected chi connectivity index (χ1v) is 5.93. The smallest absolute Gasteiger partial charge is 0.103 e. The molecule has 6 heteroatoms. The lowest BCUT2D eigenvalue weighted by Gasteiger charge is -2.04. The van der Waals surface area contributed by atoms with E-state index in [4.69, 9.17) is 11.6 Å². The van der Waals surface area contributed by atoms with Crippen molar-refractivity contribution in [1.29, 1.82) is 0 Å². The zero-order valence-electron chi connectivity index (χ0n) is 7.05. The second-order valence-corrected chi connectivity index (χ2v) is 4.91. The van der Waals surface area contributed by atoms with Crippen molar-refractivity contribution in [1.82, 2.24) is 8.75 Å². The summed E-state index contributed by atoms with van der Waals surface area (Å²) in [7, 11) is 0. The summed E-state index contributed by atoms with van der Waals surface area (Å²) in [5, 5.41) is 11.7. The third-order valence-electron chi connectivity index (χ3n) is 1.77. The molecule has 0 saturated heterocycles. The van der Waals surface area contributed by atoms with Crippen molar-refractivity contribution in [3.63, 3.8) is 0 Å². The molecule has 0 spiro atoms. The minimum Gasteiger partial charge on any atom is -0.386 e. The van der Waals surface area contributed by atoms with Gasteiger partial charge in [0.2, 0.25) is 0 Å². The Morgan fingerprint density at radius 3 is 3.00 bits per heavy atom. The van der Waals surface area contributed by atoms with Gasteiger partial charge >= 0.3 is 0 Å². The fraction of sp³-hybridized carbons (Fsp3) is 0.250. The van der Waals surface area contributed by atoms with Crippen LogP contribution in [0.3, 0.4) is 0 Å². The Hall–Kier alpha value is -0.490. The first kappa shape index (κ1) is 10.0. The van der Waals surface area contributed by atoms with Crippen LogP contribution in [0.1, 0.15) is 17.4 Å². The van der Waals surface area contributed by atoms with Crippen LogP contribution in [-0.2, 0) is 6.42 Å². The lowest BCUT2D eigenvalue weighted by Crippen LogP contribution is -2.00. The number of rotatable bonds is 3. The highest BCUT2D eigenvalue weighted by molar-refractivity contribution is 7.14. The highest BCUT2D eigenvalue weighted by Crippen LogP contribution is 2.24. The normalized spacial score (nSPS) is 13.0. The molecule has 1 atom stereocenters. The van der Waals surface area contributed by atoms with Crippen molar-refractivity contribution in [2.24, 2.45) is 0 Å². The summed E-state index contributed by atoms with van der Waals surface area (Å²) in [6.07, 6.45) is 1.54. The highest BCUT2D eigenvalue weighted by Gasteiger charge is 2.12. The zero-order valence-corrected chi connectivity index (χ0v) is 9.44. The van der Waals surface area contributed by atoms with Crippen LogP contribution in [0.2, 0.25) is 4.34 Å². The number of aliphatic hydroxyl groups is 1. The maximum Gasteiger partial charge on any atom is 0.103 e. The lowest BCUT2D eigenvalue weighted by atomic mass is 10.1. The second kappa shape index (κ2) is 4.35. The SMILES string of the molecule is OC(Cc1csc(Cl)c1)c1cnsn1. The number of hydrogen-bond acceptors (Lipinski definition) is 5. The van der Waals surface area contributed by atoms with Crippen molar-refractivity contribution in [3.8, 4) is 0 Å². The van der Waals surface area contributed by atoms with Gasteiger partial charge in [-0.3, -0.25) is 0 Å². The average molecular weight is 247 g/mol. The van der Waals surface area contributed by atoms with Gasteiger partial charge < -0.3 is 5.11 Å². The van der Waals surface area contributed by atoms with Crippen molar-refractivity contribution in [2.45, 2.75) is 12.5 Å². The topological polar surface area (TPSA) is 46.0 Å². The lowest BCUT2D eigenvalue weighted by molar-refractivity contribution is 0.174. The highest BCUT2D eigenvalue weighted by atomic mass is 35.5. The van der Waals surface area contributed by atoms with Gasteiger partial charge in [0, 0.05) is 6.42 Å². The summed E-state index contributed by atoms with van der Waals surface area (Å²) in [5.74, 6) is 0. The van der Waals surface area contributed by atoms with E-state index in [0.717, 1.165) is 21.6 Å². The monoisotopic (exact) mass is 246 g/mol. The van der Waals surface area contributed by atoms with Gasteiger partial charge in [0.1, 0.15) is 11.8 Å². The molecule has 0 aliphatic rings. The van der Waals surface area contributed by atoms with E-state index in [9.17, 15) is 5.11 Å². The summed E-state index contributed by atoms with van der Waals surface area (Å²) in [5.41, 5.74) is 1.65. The van der Waals surface area contributed by atoms with E-state index >= 15 is 0 Å². The van der Waals surface area contributed by atoms with Gasteiger partial charge in [-0.15, -0.1) is 11.3 Å². The Morgan fingerprint density at radius 2 is 2.43 bits per heavy atom. The summed E-state index contributed by atoms with van der Waals surface area (Å²) >= 11 is 8.34. The zero-order chi connectivity index (χ0) is 9.97. The van der Waals surface area contributed by atoms with E-state index in [2.05, 4.69) is 8.75 Å². The first-order valence-electron chi connectivity index (χ1n) is 3.94. The van der Waals surface area contributed by atoms with Crippen molar-refractivity contribution < 1.29 is 5.11 Å². The Labute approximate surface area is 94.3 Å². The summed E-state index contributed by atoms with van der Waals surface area (Å²) < 4.78 is 8.55. The Morgan fingerprint density at radius 1 is 1.57 bits per heavy atom. The van der Waals surface area contributed by atoms with Crippen molar-refractivity contribution >= 4 is 34.7 Å². The van der Waals surface area contributed by atoms with Gasteiger partial charge in [-0.2, -0.15) is 8.75 Å². The van der Waals surface area contributed by atoms with Gasteiger partial charge in [0.15, 0.2) is 0 Å². The van der Waals surface area contributed by atoms with Gasteiger partial charge in [0.05, 0.1) is 22.3 Å². The van der Waals surface area contributed by atoms with Crippen LogP contribution in [-0.4, -0.2) is 13.9 Å².